The number of amides is 2. The number of halogens is 1. The summed E-state index contributed by atoms with van der Waals surface area (Å²) in [5, 5.41) is 0.566. The minimum atomic E-state index is -0.310. The average molecular weight is 466 g/mol. The van der Waals surface area contributed by atoms with E-state index in [1.807, 2.05) is 69.3 Å². The molecule has 0 fully saturated rings. The predicted molar refractivity (Wildman–Crippen MR) is 130 cm³/mol. The quantitative estimate of drug-likeness (QED) is 0.382. The fourth-order valence-corrected chi connectivity index (χ4v) is 5.42. The summed E-state index contributed by atoms with van der Waals surface area (Å²) in [7, 11) is 0. The van der Waals surface area contributed by atoms with Crippen molar-refractivity contribution in [2.45, 2.75) is 30.6 Å². The van der Waals surface area contributed by atoms with Crippen LogP contribution in [-0.4, -0.2) is 11.8 Å². The SMILES string of the molecule is Cc1ccc(SC2=C(Sc3ccc(C)cc3)C(=O)N(c3ccc(Cl)cc3C)C2=O)cc1. The molecular weight excluding hydrogens is 446 g/mol. The second-order valence-corrected chi connectivity index (χ2v) is 9.97. The van der Waals surface area contributed by atoms with Crippen LogP contribution < -0.4 is 4.90 Å². The molecule has 3 nitrogen and oxygen atoms in total. The van der Waals surface area contributed by atoms with E-state index in [1.165, 1.54) is 28.4 Å². The lowest BCUT2D eigenvalue weighted by molar-refractivity contribution is -0.120. The third-order valence-corrected chi connectivity index (χ3v) is 7.43. The van der Waals surface area contributed by atoms with Crippen molar-refractivity contribution in [3.8, 4) is 0 Å². The van der Waals surface area contributed by atoms with Crippen molar-refractivity contribution in [3.63, 3.8) is 0 Å². The zero-order chi connectivity index (χ0) is 22.1. The van der Waals surface area contributed by atoms with Crippen LogP contribution in [0.25, 0.3) is 0 Å². The fraction of sp³-hybridized carbons (Fsp3) is 0.120. The number of rotatable bonds is 5. The number of hydrogen-bond acceptors (Lipinski definition) is 4. The summed E-state index contributed by atoms with van der Waals surface area (Å²) >= 11 is 8.75. The molecule has 0 aliphatic carbocycles. The Kier molecular flexibility index (Phi) is 6.28. The van der Waals surface area contributed by atoms with E-state index in [1.54, 1.807) is 18.2 Å². The van der Waals surface area contributed by atoms with Gasteiger partial charge in [-0.1, -0.05) is 70.5 Å². The molecule has 0 unspecified atom stereocenters. The van der Waals surface area contributed by atoms with Crippen LogP contribution in [0.15, 0.2) is 86.3 Å². The third kappa shape index (κ3) is 4.59. The average Bonchev–Trinajstić information content (AvgIpc) is 2.96. The first-order valence-electron chi connectivity index (χ1n) is 9.72. The molecule has 2 amide bonds. The molecule has 31 heavy (non-hydrogen) atoms. The number of thioether (sulfide) groups is 2. The first-order chi connectivity index (χ1) is 14.8. The summed E-state index contributed by atoms with van der Waals surface area (Å²) in [4.78, 5) is 30.9. The van der Waals surface area contributed by atoms with E-state index in [0.717, 1.165) is 26.5 Å². The number of carbonyl (C=O) groups is 2. The minimum absolute atomic E-state index is 0.310. The Bertz CT molecular complexity index is 1130. The molecule has 1 aliphatic rings. The lowest BCUT2D eigenvalue weighted by Crippen LogP contribution is -2.31. The number of anilines is 1. The van der Waals surface area contributed by atoms with Crippen LogP contribution in [0.3, 0.4) is 0 Å². The smallest absolute Gasteiger partial charge is 0.268 e. The number of imide groups is 1. The Balaban J connectivity index is 1.76. The highest BCUT2D eigenvalue weighted by atomic mass is 35.5. The molecule has 0 radical (unpaired) electrons. The van der Waals surface area contributed by atoms with Gasteiger partial charge in [0, 0.05) is 14.8 Å². The molecule has 1 aliphatic heterocycles. The van der Waals surface area contributed by atoms with Crippen LogP contribution in [0.1, 0.15) is 16.7 Å². The molecule has 3 aromatic rings. The zero-order valence-electron chi connectivity index (χ0n) is 17.3. The van der Waals surface area contributed by atoms with E-state index in [4.69, 9.17) is 11.6 Å². The highest BCUT2D eigenvalue weighted by molar-refractivity contribution is 8.08. The Labute approximate surface area is 195 Å². The molecule has 0 atom stereocenters. The predicted octanol–water partition coefficient (Wildman–Crippen LogP) is 6.93. The summed E-state index contributed by atoms with van der Waals surface area (Å²) in [5.41, 5.74) is 3.61. The molecule has 156 valence electrons. The Morgan fingerprint density at radius 1 is 0.677 bits per heavy atom. The van der Waals surface area contributed by atoms with Gasteiger partial charge in [0.2, 0.25) is 0 Å². The lowest BCUT2D eigenvalue weighted by atomic mass is 10.2. The van der Waals surface area contributed by atoms with Crippen LogP contribution >= 0.6 is 35.1 Å². The fourth-order valence-electron chi connectivity index (χ4n) is 3.21. The molecule has 0 bridgehead atoms. The van der Waals surface area contributed by atoms with Crippen molar-refractivity contribution in [2.75, 3.05) is 4.90 Å². The summed E-state index contributed by atoms with van der Waals surface area (Å²) in [6.45, 7) is 5.88. The van der Waals surface area contributed by atoms with Gasteiger partial charge in [-0.25, -0.2) is 4.90 Å². The number of benzene rings is 3. The highest BCUT2D eigenvalue weighted by Gasteiger charge is 2.41. The van der Waals surface area contributed by atoms with E-state index in [-0.39, 0.29) is 11.8 Å². The Morgan fingerprint density at radius 3 is 1.55 bits per heavy atom. The van der Waals surface area contributed by atoms with E-state index in [2.05, 4.69) is 0 Å². The van der Waals surface area contributed by atoms with Crippen LogP contribution in [-0.2, 0) is 9.59 Å². The lowest BCUT2D eigenvalue weighted by Gasteiger charge is -2.17. The molecule has 0 spiro atoms. The van der Waals surface area contributed by atoms with Gasteiger partial charge in [0.1, 0.15) is 0 Å². The Hall–Kier alpha value is -2.47. The van der Waals surface area contributed by atoms with Crippen LogP contribution in [0.5, 0.6) is 0 Å². The molecule has 0 saturated heterocycles. The maximum absolute atomic E-state index is 13.5. The van der Waals surface area contributed by atoms with Crippen molar-refractivity contribution >= 4 is 52.6 Å². The molecule has 3 aromatic carbocycles. The van der Waals surface area contributed by atoms with Crippen molar-refractivity contribution in [1.82, 2.24) is 0 Å². The molecule has 4 rings (SSSR count). The highest BCUT2D eigenvalue weighted by Crippen LogP contribution is 2.44. The van der Waals surface area contributed by atoms with Gasteiger partial charge in [-0.15, -0.1) is 0 Å². The topological polar surface area (TPSA) is 37.4 Å². The van der Waals surface area contributed by atoms with Gasteiger partial charge in [0.15, 0.2) is 0 Å². The van der Waals surface area contributed by atoms with Crippen molar-refractivity contribution < 1.29 is 9.59 Å². The van der Waals surface area contributed by atoms with E-state index < -0.39 is 0 Å². The van der Waals surface area contributed by atoms with Gasteiger partial charge in [0.05, 0.1) is 15.5 Å². The summed E-state index contributed by atoms with van der Waals surface area (Å²) < 4.78 is 0. The second kappa shape index (κ2) is 8.95. The third-order valence-electron chi connectivity index (χ3n) is 4.88. The van der Waals surface area contributed by atoms with Gasteiger partial charge in [0.25, 0.3) is 11.8 Å². The van der Waals surface area contributed by atoms with Crippen molar-refractivity contribution in [1.29, 1.82) is 0 Å². The van der Waals surface area contributed by atoms with E-state index in [0.29, 0.717) is 20.5 Å². The van der Waals surface area contributed by atoms with Crippen LogP contribution in [0, 0.1) is 20.8 Å². The number of aryl methyl sites for hydroxylation is 3. The molecule has 1 heterocycles. The van der Waals surface area contributed by atoms with Gasteiger partial charge in [-0.05, 0) is 68.8 Å². The molecule has 0 saturated carbocycles. The van der Waals surface area contributed by atoms with Crippen molar-refractivity contribution in [3.05, 3.63) is 98.3 Å². The second-order valence-electron chi connectivity index (χ2n) is 7.37. The number of hydrogen-bond donors (Lipinski definition) is 0. The van der Waals surface area contributed by atoms with Gasteiger partial charge in [-0.3, -0.25) is 9.59 Å². The molecule has 0 aromatic heterocycles. The first-order valence-corrected chi connectivity index (χ1v) is 11.7. The largest absolute Gasteiger partial charge is 0.273 e. The molecule has 6 heteroatoms. The maximum atomic E-state index is 13.5. The minimum Gasteiger partial charge on any atom is -0.268 e. The zero-order valence-corrected chi connectivity index (χ0v) is 19.7. The summed E-state index contributed by atoms with van der Waals surface area (Å²) in [6.07, 6.45) is 0. The summed E-state index contributed by atoms with van der Waals surface area (Å²) in [5.74, 6) is -0.619. The standard InChI is InChI=1S/C25H20ClNO2S2/c1-15-4-9-19(10-5-15)30-22-23(31-20-11-6-16(2)7-12-20)25(29)27(24(22)28)21-13-8-18(26)14-17(21)3/h4-14H,1-3H3. The van der Waals surface area contributed by atoms with Gasteiger partial charge < -0.3 is 0 Å². The molecular formula is C25H20ClNO2S2. The van der Waals surface area contributed by atoms with Crippen molar-refractivity contribution in [2.24, 2.45) is 0 Å². The van der Waals surface area contributed by atoms with Gasteiger partial charge >= 0.3 is 0 Å². The van der Waals surface area contributed by atoms with Crippen LogP contribution in [0.2, 0.25) is 5.02 Å². The monoisotopic (exact) mass is 465 g/mol. The Morgan fingerprint density at radius 2 is 1.13 bits per heavy atom. The number of nitrogens with zero attached hydrogens (tertiary/aromatic N) is 1. The number of carbonyl (C=O) groups excluding carboxylic acids is 2. The van der Waals surface area contributed by atoms with Crippen LogP contribution in [0.4, 0.5) is 5.69 Å². The molecule has 0 N–H and O–H groups in total. The first kappa shape index (κ1) is 21.8. The van der Waals surface area contributed by atoms with E-state index >= 15 is 0 Å². The maximum Gasteiger partial charge on any atom is 0.273 e. The summed E-state index contributed by atoms with van der Waals surface area (Å²) in [6, 6.07) is 21.0. The van der Waals surface area contributed by atoms with Gasteiger partial charge in [-0.2, -0.15) is 0 Å². The van der Waals surface area contributed by atoms with E-state index in [9.17, 15) is 9.59 Å². The normalized spacial score (nSPS) is 14.0.